The normalized spacial score (nSPS) is 11.0. The summed E-state index contributed by atoms with van der Waals surface area (Å²) in [6, 6.07) is 8.11. The molecule has 1 heterocycles. The maximum atomic E-state index is 9.19. The van der Waals surface area contributed by atoms with Gasteiger partial charge in [-0.15, -0.1) is 0 Å². The van der Waals surface area contributed by atoms with Crippen LogP contribution in [0.4, 0.5) is 0 Å². The number of aryl methyl sites for hydroxylation is 1. The van der Waals surface area contributed by atoms with E-state index in [4.69, 9.17) is 0 Å². The van der Waals surface area contributed by atoms with Gasteiger partial charge in [0.2, 0.25) is 0 Å². The zero-order valence-corrected chi connectivity index (χ0v) is 8.33. The number of aliphatic hydroxyl groups is 1. The number of benzene rings is 1. The number of nitrogens with zero attached hydrogens (tertiary/aromatic N) is 1. The molecule has 0 spiro atoms. The van der Waals surface area contributed by atoms with E-state index in [0.29, 0.717) is 0 Å². The highest BCUT2D eigenvalue weighted by Crippen LogP contribution is 2.08. The number of H-pyrrole nitrogens is 1. The van der Waals surface area contributed by atoms with Gasteiger partial charge in [0.05, 0.1) is 6.54 Å². The second-order valence-electron chi connectivity index (χ2n) is 3.40. The minimum Gasteiger partial charge on any atom is -0.384 e. The molecular formula is C11H15N2O+. The number of rotatable bonds is 3. The van der Waals surface area contributed by atoms with Gasteiger partial charge in [0, 0.05) is 0 Å². The number of aromatic amines is 1. The molecule has 1 aromatic carbocycles. The van der Waals surface area contributed by atoms with Crippen molar-refractivity contribution >= 4 is 11.0 Å². The van der Waals surface area contributed by atoms with E-state index in [0.717, 1.165) is 24.3 Å². The molecule has 74 valence electrons. The Labute approximate surface area is 83.0 Å². The van der Waals surface area contributed by atoms with Crippen molar-refractivity contribution in [3.63, 3.8) is 0 Å². The Morgan fingerprint density at radius 1 is 1.36 bits per heavy atom. The quantitative estimate of drug-likeness (QED) is 0.706. The third-order valence-electron chi connectivity index (χ3n) is 2.40. The van der Waals surface area contributed by atoms with Gasteiger partial charge >= 0.3 is 0 Å². The molecule has 0 aliphatic rings. The fourth-order valence-electron chi connectivity index (χ4n) is 1.79. The van der Waals surface area contributed by atoms with Gasteiger partial charge in [-0.05, 0) is 18.6 Å². The molecule has 3 heteroatoms. The third-order valence-corrected chi connectivity index (χ3v) is 2.40. The number of hydrogen-bond acceptors (Lipinski definition) is 1. The molecule has 0 saturated heterocycles. The molecule has 2 rings (SSSR count). The van der Waals surface area contributed by atoms with Crippen molar-refractivity contribution < 1.29 is 9.67 Å². The highest BCUT2D eigenvalue weighted by molar-refractivity contribution is 5.70. The summed E-state index contributed by atoms with van der Waals surface area (Å²) in [5.41, 5.74) is 2.25. The van der Waals surface area contributed by atoms with Crippen molar-refractivity contribution in [2.45, 2.75) is 26.5 Å². The highest BCUT2D eigenvalue weighted by atomic mass is 16.3. The number of nitrogens with one attached hydrogen (secondary N) is 1. The smallest absolute Gasteiger partial charge is 0.281 e. The summed E-state index contributed by atoms with van der Waals surface area (Å²) in [6.07, 6.45) is 1.07. The summed E-state index contributed by atoms with van der Waals surface area (Å²) in [5, 5.41) is 9.19. The molecule has 0 fully saturated rings. The Hall–Kier alpha value is -1.35. The summed E-state index contributed by atoms with van der Waals surface area (Å²) in [4.78, 5) is 3.21. The second-order valence-corrected chi connectivity index (χ2v) is 3.40. The minimum atomic E-state index is 0.0642. The molecule has 0 unspecified atom stereocenters. The van der Waals surface area contributed by atoms with Gasteiger partial charge in [0.25, 0.3) is 5.82 Å². The number of aliphatic hydroxyl groups excluding tert-OH is 1. The van der Waals surface area contributed by atoms with Crippen molar-refractivity contribution in [2.24, 2.45) is 0 Å². The molecule has 0 bridgehead atoms. The predicted molar refractivity (Wildman–Crippen MR) is 54.7 cm³/mol. The number of hydrogen-bond donors (Lipinski definition) is 2. The van der Waals surface area contributed by atoms with Gasteiger partial charge in [-0.25, -0.2) is 9.55 Å². The first-order valence-electron chi connectivity index (χ1n) is 4.97. The van der Waals surface area contributed by atoms with Crippen LogP contribution >= 0.6 is 0 Å². The van der Waals surface area contributed by atoms with Gasteiger partial charge < -0.3 is 5.11 Å². The fraction of sp³-hybridized carbons (Fsp3) is 0.364. The van der Waals surface area contributed by atoms with Gasteiger partial charge in [-0.2, -0.15) is 0 Å². The molecular weight excluding hydrogens is 176 g/mol. The van der Waals surface area contributed by atoms with Crippen molar-refractivity contribution in [3.8, 4) is 0 Å². The van der Waals surface area contributed by atoms with Crippen LogP contribution in [-0.2, 0) is 13.2 Å². The number of para-hydroxylation sites is 2. The Balaban J connectivity index is 2.61. The van der Waals surface area contributed by atoms with Gasteiger partial charge in [0.15, 0.2) is 11.0 Å². The molecule has 2 aromatic rings. The van der Waals surface area contributed by atoms with Crippen LogP contribution < -0.4 is 4.57 Å². The molecule has 0 aliphatic heterocycles. The zero-order valence-electron chi connectivity index (χ0n) is 8.33. The average molecular weight is 191 g/mol. The van der Waals surface area contributed by atoms with E-state index < -0.39 is 0 Å². The molecule has 2 N–H and O–H groups in total. The van der Waals surface area contributed by atoms with E-state index in [1.165, 1.54) is 5.52 Å². The van der Waals surface area contributed by atoms with E-state index in [1.807, 2.05) is 18.2 Å². The number of fused-ring (bicyclic) bond motifs is 1. The van der Waals surface area contributed by atoms with Crippen molar-refractivity contribution in [1.29, 1.82) is 0 Å². The highest BCUT2D eigenvalue weighted by Gasteiger charge is 2.15. The molecule has 1 aromatic heterocycles. The Morgan fingerprint density at radius 3 is 2.86 bits per heavy atom. The van der Waals surface area contributed by atoms with Crippen LogP contribution in [0.3, 0.4) is 0 Å². The van der Waals surface area contributed by atoms with Crippen molar-refractivity contribution in [2.75, 3.05) is 0 Å². The van der Waals surface area contributed by atoms with Crippen LogP contribution in [0.1, 0.15) is 19.2 Å². The topological polar surface area (TPSA) is 39.9 Å². The maximum Gasteiger partial charge on any atom is 0.281 e. The van der Waals surface area contributed by atoms with E-state index in [9.17, 15) is 5.11 Å². The average Bonchev–Trinajstić information content (AvgIpc) is 2.58. The standard InChI is InChI=1S/C11H14N2O/c1-2-7-13-10-6-4-3-5-9(10)12-11(13)8-14/h3-6,14H,2,7-8H2,1H3/p+1. The summed E-state index contributed by atoms with van der Waals surface area (Å²) < 4.78 is 2.13. The lowest BCUT2D eigenvalue weighted by atomic mass is 10.3. The van der Waals surface area contributed by atoms with Crippen molar-refractivity contribution in [3.05, 3.63) is 30.1 Å². The minimum absolute atomic E-state index is 0.0642. The van der Waals surface area contributed by atoms with Gasteiger partial charge in [-0.1, -0.05) is 19.1 Å². The Bertz CT molecular complexity index is 434. The molecule has 0 saturated carbocycles. The lowest BCUT2D eigenvalue weighted by Gasteiger charge is -1.96. The molecule has 0 atom stereocenters. The van der Waals surface area contributed by atoms with Gasteiger partial charge in [0.1, 0.15) is 6.61 Å². The van der Waals surface area contributed by atoms with Crippen LogP contribution in [0, 0.1) is 0 Å². The van der Waals surface area contributed by atoms with Crippen molar-refractivity contribution in [1.82, 2.24) is 4.98 Å². The third kappa shape index (κ3) is 1.40. The van der Waals surface area contributed by atoms with Gasteiger partial charge in [-0.3, -0.25) is 0 Å². The molecule has 14 heavy (non-hydrogen) atoms. The largest absolute Gasteiger partial charge is 0.384 e. The van der Waals surface area contributed by atoms with E-state index in [-0.39, 0.29) is 6.61 Å². The summed E-state index contributed by atoms with van der Waals surface area (Å²) in [6.45, 7) is 3.14. The lowest BCUT2D eigenvalue weighted by Crippen LogP contribution is -2.36. The summed E-state index contributed by atoms with van der Waals surface area (Å²) in [5.74, 6) is 0.882. The maximum absolute atomic E-state index is 9.19. The van der Waals surface area contributed by atoms with Crippen LogP contribution in [0.2, 0.25) is 0 Å². The predicted octanol–water partition coefficient (Wildman–Crippen LogP) is 1.36. The first-order chi connectivity index (χ1) is 6.86. The molecule has 0 aliphatic carbocycles. The molecule has 3 nitrogen and oxygen atoms in total. The number of imidazole rings is 1. The summed E-state index contributed by atoms with van der Waals surface area (Å²) in [7, 11) is 0. The second kappa shape index (κ2) is 3.80. The first kappa shape index (κ1) is 9.21. The van der Waals surface area contributed by atoms with Crippen LogP contribution in [0.5, 0.6) is 0 Å². The Morgan fingerprint density at radius 2 is 2.14 bits per heavy atom. The van der Waals surface area contributed by atoms with Crippen LogP contribution in [0.25, 0.3) is 11.0 Å². The van der Waals surface area contributed by atoms with E-state index in [2.05, 4.69) is 22.5 Å². The fourth-order valence-corrected chi connectivity index (χ4v) is 1.79. The van der Waals surface area contributed by atoms with Crippen LogP contribution in [0.15, 0.2) is 24.3 Å². The number of aromatic nitrogens is 2. The van der Waals surface area contributed by atoms with Crippen LogP contribution in [-0.4, -0.2) is 10.1 Å². The van der Waals surface area contributed by atoms with E-state index in [1.54, 1.807) is 0 Å². The molecule has 0 amide bonds. The monoisotopic (exact) mass is 191 g/mol. The summed E-state index contributed by atoms with van der Waals surface area (Å²) >= 11 is 0. The SMILES string of the molecule is CCC[n+]1c(CO)[nH]c2ccccc21. The Kier molecular flexibility index (Phi) is 2.50. The zero-order chi connectivity index (χ0) is 9.97. The van der Waals surface area contributed by atoms with E-state index >= 15 is 0 Å². The lowest BCUT2D eigenvalue weighted by molar-refractivity contribution is -0.680. The first-order valence-corrected chi connectivity index (χ1v) is 4.97. The molecule has 0 radical (unpaired) electrons.